The molecule has 0 aromatic heterocycles. The summed E-state index contributed by atoms with van der Waals surface area (Å²) in [6.45, 7) is 2.87. The predicted molar refractivity (Wildman–Crippen MR) is 141 cm³/mol. The van der Waals surface area contributed by atoms with Crippen LogP contribution < -0.4 is 0 Å². The van der Waals surface area contributed by atoms with Gasteiger partial charge in [-0.25, -0.2) is 9.59 Å². The minimum atomic E-state index is -0.503. The van der Waals surface area contributed by atoms with Crippen LogP contribution in [0.1, 0.15) is 104 Å². The standard InChI is InChI=1S/C29H39BrO4/c1-2-3-4-5-6-7-8-9-10-11-14-21-33-28(31)26-18-12-13-19-27(26)29(32)34-22-20-24-16-15-17-25(30)23-24/h12-13,15-19,23H,2-11,14,20-22H2,1H3. The molecule has 0 fully saturated rings. The number of hydrogen-bond donors (Lipinski definition) is 0. The number of carbonyl (C=O) groups excluding carboxylic acids is 2. The number of unbranched alkanes of at least 4 members (excludes halogenated alkanes) is 10. The topological polar surface area (TPSA) is 52.6 Å². The van der Waals surface area contributed by atoms with Crippen LogP contribution in [-0.4, -0.2) is 25.2 Å². The first kappa shape index (κ1) is 28.1. The molecule has 0 spiro atoms. The van der Waals surface area contributed by atoms with Crippen molar-refractivity contribution in [2.75, 3.05) is 13.2 Å². The molecule has 4 nitrogen and oxygen atoms in total. The quantitative estimate of drug-likeness (QED) is 0.152. The number of halogens is 1. The first-order valence-electron chi connectivity index (χ1n) is 12.8. The third-order valence-electron chi connectivity index (χ3n) is 5.86. The maximum atomic E-state index is 12.6. The molecule has 0 aliphatic rings. The molecule has 2 rings (SSSR count). The molecule has 0 saturated carbocycles. The molecular formula is C29H39BrO4. The second kappa shape index (κ2) is 17.3. The van der Waals surface area contributed by atoms with E-state index in [-0.39, 0.29) is 17.7 Å². The summed E-state index contributed by atoms with van der Waals surface area (Å²) < 4.78 is 11.8. The van der Waals surface area contributed by atoms with Crippen molar-refractivity contribution in [2.24, 2.45) is 0 Å². The van der Waals surface area contributed by atoms with Gasteiger partial charge in [-0.3, -0.25) is 0 Å². The molecule has 0 atom stereocenters. The van der Waals surface area contributed by atoms with E-state index in [1.807, 2.05) is 24.3 Å². The van der Waals surface area contributed by atoms with E-state index in [0.717, 1.165) is 22.9 Å². The molecule has 34 heavy (non-hydrogen) atoms. The molecule has 0 bridgehead atoms. The van der Waals surface area contributed by atoms with Gasteiger partial charge >= 0.3 is 11.9 Å². The first-order valence-corrected chi connectivity index (χ1v) is 13.6. The lowest BCUT2D eigenvalue weighted by Gasteiger charge is -2.10. The maximum Gasteiger partial charge on any atom is 0.339 e. The van der Waals surface area contributed by atoms with Crippen LogP contribution in [-0.2, 0) is 15.9 Å². The molecule has 0 saturated heterocycles. The van der Waals surface area contributed by atoms with Gasteiger partial charge in [-0.2, -0.15) is 0 Å². The molecule has 0 radical (unpaired) electrons. The van der Waals surface area contributed by atoms with Gasteiger partial charge in [-0.15, -0.1) is 0 Å². The molecule has 186 valence electrons. The molecule has 0 unspecified atom stereocenters. The summed E-state index contributed by atoms with van der Waals surface area (Å²) in [5, 5.41) is 0. The van der Waals surface area contributed by atoms with Crippen molar-refractivity contribution in [2.45, 2.75) is 84.0 Å². The monoisotopic (exact) mass is 530 g/mol. The highest BCUT2D eigenvalue weighted by molar-refractivity contribution is 9.10. The van der Waals surface area contributed by atoms with E-state index in [1.165, 1.54) is 57.8 Å². The molecule has 5 heteroatoms. The van der Waals surface area contributed by atoms with E-state index in [1.54, 1.807) is 24.3 Å². The fraction of sp³-hybridized carbons (Fsp3) is 0.517. The van der Waals surface area contributed by atoms with Gasteiger partial charge in [0.25, 0.3) is 0 Å². The minimum Gasteiger partial charge on any atom is -0.462 e. The Hall–Kier alpha value is -2.14. The number of hydrogen-bond acceptors (Lipinski definition) is 4. The van der Waals surface area contributed by atoms with Crippen LogP contribution in [0.15, 0.2) is 53.0 Å². The Balaban J connectivity index is 1.64. The highest BCUT2D eigenvalue weighted by atomic mass is 79.9. The summed E-state index contributed by atoms with van der Waals surface area (Å²) in [6.07, 6.45) is 14.3. The van der Waals surface area contributed by atoms with Crippen molar-refractivity contribution in [1.82, 2.24) is 0 Å². The lowest BCUT2D eigenvalue weighted by molar-refractivity contribution is 0.0455. The zero-order valence-electron chi connectivity index (χ0n) is 20.5. The van der Waals surface area contributed by atoms with E-state index in [4.69, 9.17) is 9.47 Å². The molecule has 0 amide bonds. The van der Waals surface area contributed by atoms with Crippen LogP contribution >= 0.6 is 15.9 Å². The molecule has 0 aliphatic heterocycles. The highest BCUT2D eigenvalue weighted by Gasteiger charge is 2.18. The average Bonchev–Trinajstić information content (AvgIpc) is 2.84. The van der Waals surface area contributed by atoms with Crippen LogP contribution in [0.4, 0.5) is 0 Å². The Kier molecular flexibility index (Phi) is 14.3. The van der Waals surface area contributed by atoms with E-state index in [0.29, 0.717) is 13.0 Å². The number of rotatable bonds is 17. The predicted octanol–water partition coefficient (Wildman–Crippen LogP) is 8.32. The summed E-state index contributed by atoms with van der Waals surface area (Å²) in [5.74, 6) is -0.969. The third kappa shape index (κ3) is 11.3. The fourth-order valence-corrected chi connectivity index (χ4v) is 4.33. The maximum absolute atomic E-state index is 12.6. The van der Waals surface area contributed by atoms with Gasteiger partial charge in [0.2, 0.25) is 0 Å². The molecule has 2 aromatic carbocycles. The van der Waals surface area contributed by atoms with E-state index < -0.39 is 11.9 Å². The SMILES string of the molecule is CCCCCCCCCCCCCOC(=O)c1ccccc1C(=O)OCCc1cccc(Br)c1. The summed E-state index contributed by atoms with van der Waals surface area (Å²) in [4.78, 5) is 25.1. The highest BCUT2D eigenvalue weighted by Crippen LogP contribution is 2.15. The van der Waals surface area contributed by atoms with Crippen molar-refractivity contribution < 1.29 is 19.1 Å². The van der Waals surface area contributed by atoms with Gasteiger partial charge in [-0.1, -0.05) is 111 Å². The van der Waals surface area contributed by atoms with Crippen LogP contribution in [0.25, 0.3) is 0 Å². The zero-order valence-corrected chi connectivity index (χ0v) is 22.1. The van der Waals surface area contributed by atoms with Gasteiger partial charge in [0.15, 0.2) is 0 Å². The zero-order chi connectivity index (χ0) is 24.4. The van der Waals surface area contributed by atoms with Crippen molar-refractivity contribution in [3.8, 4) is 0 Å². The number of ether oxygens (including phenoxy) is 2. The van der Waals surface area contributed by atoms with Crippen molar-refractivity contribution in [1.29, 1.82) is 0 Å². The Labute approximate surface area is 213 Å². The number of benzene rings is 2. The van der Waals surface area contributed by atoms with Crippen molar-refractivity contribution in [3.63, 3.8) is 0 Å². The fourth-order valence-electron chi connectivity index (χ4n) is 3.88. The van der Waals surface area contributed by atoms with E-state index >= 15 is 0 Å². The third-order valence-corrected chi connectivity index (χ3v) is 6.35. The van der Waals surface area contributed by atoms with Gasteiger partial charge in [0.1, 0.15) is 0 Å². The number of esters is 2. The Morgan fingerprint density at radius 3 is 1.76 bits per heavy atom. The van der Waals surface area contributed by atoms with E-state index in [2.05, 4.69) is 22.9 Å². The van der Waals surface area contributed by atoms with Crippen LogP contribution in [0, 0.1) is 0 Å². The Morgan fingerprint density at radius 2 is 1.21 bits per heavy atom. The second-order valence-electron chi connectivity index (χ2n) is 8.73. The molecular weight excluding hydrogens is 492 g/mol. The second-order valence-corrected chi connectivity index (χ2v) is 9.65. The first-order chi connectivity index (χ1) is 16.6. The minimum absolute atomic E-state index is 0.247. The largest absolute Gasteiger partial charge is 0.462 e. The summed E-state index contributed by atoms with van der Waals surface area (Å²) >= 11 is 3.44. The van der Waals surface area contributed by atoms with Gasteiger partial charge in [0, 0.05) is 10.9 Å². The summed E-state index contributed by atoms with van der Waals surface area (Å²) in [7, 11) is 0. The van der Waals surface area contributed by atoms with E-state index in [9.17, 15) is 9.59 Å². The lowest BCUT2D eigenvalue weighted by atomic mass is 10.1. The van der Waals surface area contributed by atoms with Gasteiger partial charge < -0.3 is 9.47 Å². The average molecular weight is 532 g/mol. The van der Waals surface area contributed by atoms with Crippen molar-refractivity contribution in [3.05, 3.63) is 69.7 Å². The van der Waals surface area contributed by atoms with Crippen LogP contribution in [0.5, 0.6) is 0 Å². The van der Waals surface area contributed by atoms with Crippen LogP contribution in [0.3, 0.4) is 0 Å². The lowest BCUT2D eigenvalue weighted by Crippen LogP contribution is -2.15. The smallest absolute Gasteiger partial charge is 0.339 e. The normalized spacial score (nSPS) is 10.8. The summed E-state index contributed by atoms with van der Waals surface area (Å²) in [5.41, 5.74) is 1.58. The Bertz CT molecular complexity index is 865. The summed E-state index contributed by atoms with van der Waals surface area (Å²) in [6, 6.07) is 14.6. The Morgan fingerprint density at radius 1 is 0.676 bits per heavy atom. The molecule has 0 aliphatic carbocycles. The van der Waals surface area contributed by atoms with Gasteiger partial charge in [0.05, 0.1) is 24.3 Å². The molecule has 2 aromatic rings. The number of carbonyl (C=O) groups is 2. The van der Waals surface area contributed by atoms with Crippen molar-refractivity contribution >= 4 is 27.9 Å². The molecule has 0 heterocycles. The van der Waals surface area contributed by atoms with Crippen LogP contribution in [0.2, 0.25) is 0 Å². The molecule has 0 N–H and O–H groups in total. The van der Waals surface area contributed by atoms with Gasteiger partial charge in [-0.05, 0) is 36.2 Å².